The fraction of sp³-hybridized carbons (Fsp3) is 0.708. The number of hydrogen-bond donors (Lipinski definition) is 1. The summed E-state index contributed by atoms with van der Waals surface area (Å²) >= 11 is 0. The third-order valence-corrected chi connectivity index (χ3v) is 8.27. The summed E-state index contributed by atoms with van der Waals surface area (Å²) in [7, 11) is -1.96. The Labute approximate surface area is 192 Å². The highest BCUT2D eigenvalue weighted by Gasteiger charge is 2.26. The molecule has 0 radical (unpaired) electrons. The van der Waals surface area contributed by atoms with Crippen LogP contribution >= 0.6 is 0 Å². The topological polar surface area (TPSA) is 84.9 Å². The number of carbonyl (C=O) groups excluding carboxylic acids is 1. The van der Waals surface area contributed by atoms with Gasteiger partial charge in [0.2, 0.25) is 15.9 Å². The lowest BCUT2D eigenvalue weighted by molar-refractivity contribution is -0.121. The molecule has 1 aromatic carbocycles. The molecule has 2 aliphatic rings. The zero-order valence-corrected chi connectivity index (χ0v) is 20.1. The summed E-state index contributed by atoms with van der Waals surface area (Å²) in [5.41, 5.74) is 0.737. The highest BCUT2D eigenvalue weighted by atomic mass is 32.2. The molecule has 1 aliphatic heterocycles. The zero-order chi connectivity index (χ0) is 22.8. The number of aryl methyl sites for hydroxylation is 1. The first-order valence-electron chi connectivity index (χ1n) is 12.1. The van der Waals surface area contributed by atoms with E-state index < -0.39 is 10.0 Å². The predicted octanol–water partition coefficient (Wildman–Crippen LogP) is 3.66. The van der Waals surface area contributed by atoms with Gasteiger partial charge in [-0.2, -0.15) is 4.31 Å². The Morgan fingerprint density at radius 2 is 1.81 bits per heavy atom. The number of sulfonamides is 1. The zero-order valence-electron chi connectivity index (χ0n) is 19.3. The van der Waals surface area contributed by atoms with E-state index in [2.05, 4.69) is 5.32 Å². The van der Waals surface area contributed by atoms with Gasteiger partial charge in [-0.1, -0.05) is 25.7 Å². The molecule has 1 saturated heterocycles. The molecule has 1 amide bonds. The van der Waals surface area contributed by atoms with E-state index in [9.17, 15) is 13.2 Å². The Hall–Kier alpha value is -1.64. The molecule has 2 fully saturated rings. The predicted molar refractivity (Wildman–Crippen MR) is 124 cm³/mol. The van der Waals surface area contributed by atoms with Crippen LogP contribution in [0.15, 0.2) is 23.1 Å². The van der Waals surface area contributed by atoms with Gasteiger partial charge in [-0.25, -0.2) is 8.42 Å². The molecular weight excluding hydrogens is 428 g/mol. The number of amides is 1. The van der Waals surface area contributed by atoms with Crippen molar-refractivity contribution in [3.8, 4) is 5.75 Å². The van der Waals surface area contributed by atoms with Crippen LogP contribution < -0.4 is 10.1 Å². The second kappa shape index (κ2) is 12.6. The summed E-state index contributed by atoms with van der Waals surface area (Å²) in [5.74, 6) is 0.560. The second-order valence-electron chi connectivity index (χ2n) is 8.77. The number of nitrogens with zero attached hydrogens (tertiary/aromatic N) is 1. The minimum Gasteiger partial charge on any atom is -0.496 e. The molecule has 0 aromatic heterocycles. The Kier molecular flexibility index (Phi) is 9.81. The molecule has 1 aromatic rings. The van der Waals surface area contributed by atoms with E-state index in [-0.39, 0.29) is 17.2 Å². The highest BCUT2D eigenvalue weighted by molar-refractivity contribution is 7.89. The van der Waals surface area contributed by atoms with Crippen molar-refractivity contribution >= 4 is 15.9 Å². The SMILES string of the molecule is COc1ccc(S(=O)(=O)N2CCCCC2)cc1CCC(=O)NCCCOC1CCCCC1. The first-order chi connectivity index (χ1) is 15.5. The van der Waals surface area contributed by atoms with E-state index in [0.29, 0.717) is 44.5 Å². The smallest absolute Gasteiger partial charge is 0.243 e. The van der Waals surface area contributed by atoms with Crippen molar-refractivity contribution in [3.63, 3.8) is 0 Å². The summed E-state index contributed by atoms with van der Waals surface area (Å²) in [5, 5.41) is 2.94. The number of benzene rings is 1. The van der Waals surface area contributed by atoms with E-state index in [0.717, 1.165) is 44.1 Å². The van der Waals surface area contributed by atoms with Gasteiger partial charge in [-0.15, -0.1) is 0 Å². The van der Waals surface area contributed by atoms with Crippen molar-refractivity contribution in [3.05, 3.63) is 23.8 Å². The van der Waals surface area contributed by atoms with Gasteiger partial charge in [-0.3, -0.25) is 4.79 Å². The summed E-state index contributed by atoms with van der Waals surface area (Å²) in [6, 6.07) is 4.94. The van der Waals surface area contributed by atoms with E-state index >= 15 is 0 Å². The number of methoxy groups -OCH3 is 1. The fourth-order valence-electron chi connectivity index (χ4n) is 4.48. The van der Waals surface area contributed by atoms with Gasteiger partial charge in [0.1, 0.15) is 5.75 Å². The van der Waals surface area contributed by atoms with Crippen molar-refractivity contribution in [2.45, 2.75) is 81.6 Å². The maximum atomic E-state index is 13.0. The first kappa shape index (κ1) is 25.0. The lowest BCUT2D eigenvalue weighted by Gasteiger charge is -2.26. The molecule has 7 nitrogen and oxygen atoms in total. The van der Waals surface area contributed by atoms with Crippen LogP contribution in [0, 0.1) is 0 Å². The molecule has 0 spiro atoms. The third kappa shape index (κ3) is 7.18. The Bertz CT molecular complexity index is 831. The molecule has 0 unspecified atom stereocenters. The Balaban J connectivity index is 1.46. The van der Waals surface area contributed by atoms with E-state index in [1.165, 1.54) is 19.3 Å². The number of rotatable bonds is 11. The van der Waals surface area contributed by atoms with Crippen LogP contribution in [-0.4, -0.2) is 58.1 Å². The van der Waals surface area contributed by atoms with E-state index in [4.69, 9.17) is 9.47 Å². The first-order valence-corrected chi connectivity index (χ1v) is 13.5. The number of hydrogen-bond acceptors (Lipinski definition) is 5. The van der Waals surface area contributed by atoms with Gasteiger partial charge in [0, 0.05) is 32.7 Å². The normalized spacial score (nSPS) is 18.4. The molecule has 3 rings (SSSR count). The molecule has 1 N–H and O–H groups in total. The maximum absolute atomic E-state index is 13.0. The second-order valence-corrected chi connectivity index (χ2v) is 10.7. The lowest BCUT2D eigenvalue weighted by Crippen LogP contribution is -2.35. The fourth-order valence-corrected chi connectivity index (χ4v) is 6.05. The molecule has 32 heavy (non-hydrogen) atoms. The maximum Gasteiger partial charge on any atom is 0.243 e. The van der Waals surface area contributed by atoms with E-state index in [1.54, 1.807) is 29.6 Å². The van der Waals surface area contributed by atoms with Crippen LogP contribution in [0.2, 0.25) is 0 Å². The van der Waals surface area contributed by atoms with Gasteiger partial charge >= 0.3 is 0 Å². The summed E-state index contributed by atoms with van der Waals surface area (Å²) < 4.78 is 38.8. The quantitative estimate of drug-likeness (QED) is 0.503. The molecule has 1 saturated carbocycles. The van der Waals surface area contributed by atoms with Crippen molar-refractivity contribution in [2.75, 3.05) is 33.4 Å². The Morgan fingerprint density at radius 1 is 1.09 bits per heavy atom. The number of nitrogens with one attached hydrogen (secondary N) is 1. The minimum atomic E-state index is -3.51. The summed E-state index contributed by atoms with van der Waals surface area (Å²) in [6.45, 7) is 2.40. The van der Waals surface area contributed by atoms with Crippen LogP contribution in [0.1, 0.15) is 69.8 Å². The van der Waals surface area contributed by atoms with Crippen LogP contribution in [0.3, 0.4) is 0 Å². The summed E-state index contributed by atoms with van der Waals surface area (Å²) in [6.07, 6.45) is 10.9. The third-order valence-electron chi connectivity index (χ3n) is 6.38. The van der Waals surface area contributed by atoms with Crippen LogP contribution in [0.25, 0.3) is 0 Å². The average Bonchev–Trinajstić information content (AvgIpc) is 2.83. The van der Waals surface area contributed by atoms with Gasteiger partial charge in [0.05, 0.1) is 18.1 Å². The molecule has 1 heterocycles. The molecule has 0 bridgehead atoms. The van der Waals surface area contributed by atoms with E-state index in [1.807, 2.05) is 0 Å². The van der Waals surface area contributed by atoms with Gasteiger partial charge in [0.25, 0.3) is 0 Å². The van der Waals surface area contributed by atoms with Crippen molar-refractivity contribution in [1.82, 2.24) is 9.62 Å². The van der Waals surface area contributed by atoms with Gasteiger partial charge in [-0.05, 0) is 62.3 Å². The van der Waals surface area contributed by atoms with Gasteiger partial charge < -0.3 is 14.8 Å². The largest absolute Gasteiger partial charge is 0.496 e. The average molecular weight is 467 g/mol. The van der Waals surface area contributed by atoms with Crippen molar-refractivity contribution in [1.29, 1.82) is 0 Å². The lowest BCUT2D eigenvalue weighted by atomic mass is 9.98. The number of carbonyl (C=O) groups is 1. The highest BCUT2D eigenvalue weighted by Crippen LogP contribution is 2.27. The van der Waals surface area contributed by atoms with Crippen LogP contribution in [0.4, 0.5) is 0 Å². The molecular formula is C24H38N2O5S. The number of ether oxygens (including phenoxy) is 2. The number of piperidine rings is 1. The van der Waals surface area contributed by atoms with Crippen LogP contribution in [-0.2, 0) is 26.0 Å². The van der Waals surface area contributed by atoms with Crippen molar-refractivity contribution in [2.24, 2.45) is 0 Å². The van der Waals surface area contributed by atoms with Gasteiger partial charge in [0.15, 0.2) is 0 Å². The molecule has 1 aliphatic carbocycles. The molecule has 180 valence electrons. The van der Waals surface area contributed by atoms with Crippen molar-refractivity contribution < 1.29 is 22.7 Å². The Morgan fingerprint density at radius 3 is 2.53 bits per heavy atom. The standard InChI is InChI=1S/C24H38N2O5S/c1-30-23-13-12-22(32(28,29)26-16-6-3-7-17-26)19-20(23)11-14-24(27)25-15-8-18-31-21-9-4-2-5-10-21/h12-13,19,21H,2-11,14-18H2,1H3,(H,25,27). The summed E-state index contributed by atoms with van der Waals surface area (Å²) in [4.78, 5) is 12.6. The molecule has 8 heteroatoms. The monoisotopic (exact) mass is 466 g/mol. The minimum absolute atomic E-state index is 0.0472. The van der Waals surface area contributed by atoms with Crippen LogP contribution in [0.5, 0.6) is 5.75 Å². The molecule has 0 atom stereocenters.